The van der Waals surface area contributed by atoms with Gasteiger partial charge in [-0.05, 0) is 44.6 Å². The van der Waals surface area contributed by atoms with Crippen molar-refractivity contribution < 1.29 is 14.1 Å². The van der Waals surface area contributed by atoms with Gasteiger partial charge in [0.2, 0.25) is 0 Å². The summed E-state index contributed by atoms with van der Waals surface area (Å²) in [5.41, 5.74) is 1.98. The predicted molar refractivity (Wildman–Crippen MR) is 95.3 cm³/mol. The Morgan fingerprint density at radius 3 is 2.72 bits per heavy atom. The average molecular weight is 359 g/mol. The average Bonchev–Trinajstić information content (AvgIpc) is 3.31. The summed E-state index contributed by atoms with van der Waals surface area (Å²) in [5.74, 6) is 0.183. The summed E-state index contributed by atoms with van der Waals surface area (Å²) in [4.78, 5) is 26.5. The first-order chi connectivity index (χ1) is 12.1. The molecular formula is C18H21N3O3S. The van der Waals surface area contributed by atoms with Crippen molar-refractivity contribution in [3.8, 4) is 0 Å². The minimum Gasteiger partial charge on any atom is -0.361 e. The molecule has 2 aromatic rings. The minimum absolute atomic E-state index is 0.0575. The largest absolute Gasteiger partial charge is 0.361 e. The second kappa shape index (κ2) is 6.63. The lowest BCUT2D eigenvalue weighted by Crippen LogP contribution is -2.33. The van der Waals surface area contributed by atoms with Gasteiger partial charge in [-0.25, -0.2) is 0 Å². The highest BCUT2D eigenvalue weighted by Gasteiger charge is 2.29. The van der Waals surface area contributed by atoms with Gasteiger partial charge in [-0.3, -0.25) is 9.59 Å². The molecule has 2 aliphatic carbocycles. The van der Waals surface area contributed by atoms with E-state index in [-0.39, 0.29) is 23.6 Å². The Bertz CT molecular complexity index is 818. The van der Waals surface area contributed by atoms with Crippen molar-refractivity contribution in [2.75, 3.05) is 5.32 Å². The molecule has 0 spiro atoms. The lowest BCUT2D eigenvalue weighted by Gasteiger charge is -2.13. The van der Waals surface area contributed by atoms with Gasteiger partial charge in [-0.15, -0.1) is 11.3 Å². The van der Waals surface area contributed by atoms with Gasteiger partial charge in [-0.2, -0.15) is 0 Å². The number of anilines is 1. The van der Waals surface area contributed by atoms with Gasteiger partial charge in [-0.1, -0.05) is 18.0 Å². The maximum atomic E-state index is 12.9. The van der Waals surface area contributed by atoms with E-state index in [2.05, 4.69) is 15.8 Å². The van der Waals surface area contributed by atoms with E-state index in [1.807, 2.05) is 0 Å². The Morgan fingerprint density at radius 1 is 1.20 bits per heavy atom. The zero-order valence-corrected chi connectivity index (χ0v) is 15.0. The Balaban J connectivity index is 1.59. The summed E-state index contributed by atoms with van der Waals surface area (Å²) in [6.45, 7) is 1.74. The van der Waals surface area contributed by atoms with Crippen molar-refractivity contribution in [1.29, 1.82) is 0 Å². The van der Waals surface area contributed by atoms with Gasteiger partial charge in [0.15, 0.2) is 5.69 Å². The second-order valence-corrected chi connectivity index (χ2v) is 7.90. The molecule has 2 N–H and O–H groups in total. The van der Waals surface area contributed by atoms with Crippen LogP contribution >= 0.6 is 11.3 Å². The van der Waals surface area contributed by atoms with E-state index in [0.717, 1.165) is 37.7 Å². The molecule has 1 fully saturated rings. The van der Waals surface area contributed by atoms with Crippen LogP contribution < -0.4 is 10.6 Å². The first kappa shape index (κ1) is 16.3. The molecule has 0 atom stereocenters. The predicted octanol–water partition coefficient (Wildman–Crippen LogP) is 3.46. The summed E-state index contributed by atoms with van der Waals surface area (Å²) < 4.78 is 4.96. The number of aryl methyl sites for hydroxylation is 2. The van der Waals surface area contributed by atoms with E-state index in [9.17, 15) is 9.59 Å². The van der Waals surface area contributed by atoms with Gasteiger partial charge in [0.1, 0.15) is 10.8 Å². The quantitative estimate of drug-likeness (QED) is 0.875. The molecule has 2 aromatic heterocycles. The molecular weight excluding hydrogens is 338 g/mol. The molecule has 0 aromatic carbocycles. The maximum absolute atomic E-state index is 12.9. The van der Waals surface area contributed by atoms with E-state index in [1.54, 1.807) is 13.0 Å². The van der Waals surface area contributed by atoms with Crippen molar-refractivity contribution in [3.63, 3.8) is 0 Å². The number of carbonyl (C=O) groups excluding carboxylic acids is 2. The smallest absolute Gasteiger partial charge is 0.278 e. The first-order valence-electron chi connectivity index (χ1n) is 8.82. The van der Waals surface area contributed by atoms with Crippen LogP contribution in [0.25, 0.3) is 0 Å². The molecule has 6 nitrogen and oxygen atoms in total. The van der Waals surface area contributed by atoms with Crippen LogP contribution in [0, 0.1) is 6.92 Å². The number of carbonyl (C=O) groups is 2. The molecule has 7 heteroatoms. The van der Waals surface area contributed by atoms with Crippen LogP contribution in [0.15, 0.2) is 10.6 Å². The third-order valence-electron chi connectivity index (χ3n) is 4.93. The van der Waals surface area contributed by atoms with Crippen LogP contribution in [0.2, 0.25) is 0 Å². The molecule has 0 unspecified atom stereocenters. The Kier molecular flexibility index (Phi) is 4.33. The fraction of sp³-hybridized carbons (Fsp3) is 0.500. The number of nitrogens with one attached hydrogen (secondary N) is 2. The summed E-state index contributed by atoms with van der Waals surface area (Å²) in [6.07, 6.45) is 7.36. The number of rotatable bonds is 4. The Morgan fingerprint density at radius 2 is 2.00 bits per heavy atom. The van der Waals surface area contributed by atoms with Crippen molar-refractivity contribution in [2.24, 2.45) is 0 Å². The van der Waals surface area contributed by atoms with Gasteiger partial charge in [0, 0.05) is 17.0 Å². The molecule has 4 rings (SSSR count). The molecule has 0 radical (unpaired) electrons. The highest BCUT2D eigenvalue weighted by molar-refractivity contribution is 7.17. The van der Waals surface area contributed by atoms with Crippen molar-refractivity contribution >= 4 is 28.2 Å². The third-order valence-corrected chi connectivity index (χ3v) is 6.13. The normalized spacial score (nSPS) is 16.8. The van der Waals surface area contributed by atoms with E-state index in [1.165, 1.54) is 29.1 Å². The molecule has 2 heterocycles. The van der Waals surface area contributed by atoms with E-state index >= 15 is 0 Å². The highest BCUT2D eigenvalue weighted by atomic mass is 32.1. The third kappa shape index (κ3) is 3.20. The van der Waals surface area contributed by atoms with Crippen LogP contribution in [-0.2, 0) is 12.8 Å². The van der Waals surface area contributed by atoms with Crippen molar-refractivity contribution in [2.45, 2.75) is 57.9 Å². The molecule has 25 heavy (non-hydrogen) atoms. The van der Waals surface area contributed by atoms with Crippen LogP contribution in [0.3, 0.4) is 0 Å². The lowest BCUT2D eigenvalue weighted by atomic mass is 10.1. The zero-order chi connectivity index (χ0) is 17.4. The van der Waals surface area contributed by atoms with Gasteiger partial charge < -0.3 is 15.2 Å². The van der Waals surface area contributed by atoms with Gasteiger partial charge in [0.25, 0.3) is 11.8 Å². The summed E-state index contributed by atoms with van der Waals surface area (Å²) in [6, 6.07) is 1.85. The molecule has 132 valence electrons. The SMILES string of the molecule is Cc1cc(C(=O)Nc2sc3c(c2C(=O)NC2CCCC2)CCC3)no1. The molecule has 0 saturated heterocycles. The van der Waals surface area contributed by atoms with Crippen LogP contribution in [0.4, 0.5) is 5.00 Å². The van der Waals surface area contributed by atoms with Crippen molar-refractivity contribution in [1.82, 2.24) is 10.5 Å². The summed E-state index contributed by atoms with van der Waals surface area (Å²) in [7, 11) is 0. The second-order valence-electron chi connectivity index (χ2n) is 6.79. The fourth-order valence-corrected chi connectivity index (χ4v) is 4.98. The lowest BCUT2D eigenvalue weighted by molar-refractivity contribution is 0.0938. The van der Waals surface area contributed by atoms with Crippen molar-refractivity contribution in [3.05, 3.63) is 33.5 Å². The number of hydrogen-bond acceptors (Lipinski definition) is 5. The number of hydrogen-bond donors (Lipinski definition) is 2. The topological polar surface area (TPSA) is 84.2 Å². The maximum Gasteiger partial charge on any atom is 0.278 e. The van der Waals surface area contributed by atoms with E-state index < -0.39 is 0 Å². The number of amides is 2. The molecule has 2 aliphatic rings. The Hall–Kier alpha value is -2.15. The Labute approximate surface area is 150 Å². The van der Waals surface area contributed by atoms with Gasteiger partial charge in [0.05, 0.1) is 5.56 Å². The zero-order valence-electron chi connectivity index (χ0n) is 14.2. The van der Waals surface area contributed by atoms with Crippen LogP contribution in [0.1, 0.15) is 69.2 Å². The van der Waals surface area contributed by atoms with Crippen LogP contribution in [0.5, 0.6) is 0 Å². The number of fused-ring (bicyclic) bond motifs is 1. The first-order valence-corrected chi connectivity index (χ1v) is 9.63. The number of aromatic nitrogens is 1. The summed E-state index contributed by atoms with van der Waals surface area (Å²) in [5, 5.41) is 10.4. The van der Waals surface area contributed by atoms with E-state index in [4.69, 9.17) is 4.52 Å². The molecule has 1 saturated carbocycles. The number of thiophene rings is 1. The molecule has 0 bridgehead atoms. The van der Waals surface area contributed by atoms with Crippen LogP contribution in [-0.4, -0.2) is 23.0 Å². The monoisotopic (exact) mass is 359 g/mol. The van der Waals surface area contributed by atoms with E-state index in [0.29, 0.717) is 16.3 Å². The molecule has 0 aliphatic heterocycles. The standard InChI is InChI=1S/C18H21N3O3S/c1-10-9-13(21-24-10)16(22)20-18-15(12-7-4-8-14(12)25-18)17(23)19-11-5-2-3-6-11/h9,11H,2-8H2,1H3,(H,19,23)(H,20,22). The summed E-state index contributed by atoms with van der Waals surface area (Å²) >= 11 is 1.51. The highest BCUT2D eigenvalue weighted by Crippen LogP contribution is 2.39. The molecule has 2 amide bonds. The minimum atomic E-state index is -0.341. The fourth-order valence-electron chi connectivity index (χ4n) is 3.70. The van der Waals surface area contributed by atoms with Gasteiger partial charge >= 0.3 is 0 Å². The number of nitrogens with zero attached hydrogens (tertiary/aromatic N) is 1.